The van der Waals surface area contributed by atoms with Crippen LogP contribution in [0.25, 0.3) is 0 Å². The molecule has 0 amide bonds. The van der Waals surface area contributed by atoms with Gasteiger partial charge in [-0.3, -0.25) is 0 Å². The zero-order valence-corrected chi connectivity index (χ0v) is 12.9. The monoisotopic (exact) mass is 277 g/mol. The second-order valence-corrected chi connectivity index (χ2v) is 5.80. The summed E-state index contributed by atoms with van der Waals surface area (Å²) in [6, 6.07) is 7.40. The zero-order valence-electron chi connectivity index (χ0n) is 12.9. The summed E-state index contributed by atoms with van der Waals surface area (Å²) in [7, 11) is 3.36. The van der Waals surface area contributed by atoms with Crippen LogP contribution in [-0.2, 0) is 6.42 Å². The van der Waals surface area contributed by atoms with Crippen molar-refractivity contribution < 1.29 is 9.47 Å². The summed E-state index contributed by atoms with van der Waals surface area (Å²) in [4.78, 5) is 0. The van der Waals surface area contributed by atoms with E-state index >= 15 is 0 Å². The molecule has 20 heavy (non-hydrogen) atoms. The van der Waals surface area contributed by atoms with Gasteiger partial charge < -0.3 is 14.8 Å². The summed E-state index contributed by atoms with van der Waals surface area (Å²) in [6.45, 7) is 2.27. The third-order valence-corrected chi connectivity index (χ3v) is 4.12. The smallest absolute Gasteiger partial charge is 0.160 e. The molecule has 0 aliphatic heterocycles. The average molecular weight is 277 g/mol. The minimum atomic E-state index is 0.496. The zero-order chi connectivity index (χ0) is 14.4. The Bertz CT molecular complexity index is 413. The predicted molar refractivity (Wildman–Crippen MR) is 82.7 cm³/mol. The van der Waals surface area contributed by atoms with E-state index in [1.807, 2.05) is 6.07 Å². The van der Waals surface area contributed by atoms with Gasteiger partial charge in [-0.1, -0.05) is 25.3 Å². The van der Waals surface area contributed by atoms with Crippen LogP contribution in [0.4, 0.5) is 0 Å². The summed E-state index contributed by atoms with van der Waals surface area (Å²) in [6.07, 6.45) is 7.84. The number of ether oxygens (including phenoxy) is 2. The molecule has 1 atom stereocenters. The topological polar surface area (TPSA) is 30.5 Å². The average Bonchev–Trinajstić information content (AvgIpc) is 2.48. The van der Waals surface area contributed by atoms with Gasteiger partial charge in [-0.15, -0.1) is 0 Å². The molecule has 0 saturated heterocycles. The molecule has 0 spiro atoms. The Morgan fingerprint density at radius 1 is 1.10 bits per heavy atom. The highest BCUT2D eigenvalue weighted by molar-refractivity contribution is 5.43. The van der Waals surface area contributed by atoms with Gasteiger partial charge in [0.05, 0.1) is 14.2 Å². The van der Waals surface area contributed by atoms with Crippen molar-refractivity contribution in [1.82, 2.24) is 5.32 Å². The standard InChI is InChI=1S/C17H27NO2/c1-13(18-15-7-5-4-6-8-15)11-14-9-10-16(19-2)17(12-14)20-3/h9-10,12-13,15,18H,4-8,11H2,1-3H3. The number of rotatable bonds is 6. The first-order valence-corrected chi connectivity index (χ1v) is 7.70. The van der Waals surface area contributed by atoms with Crippen LogP contribution in [0.1, 0.15) is 44.6 Å². The third-order valence-electron chi connectivity index (χ3n) is 4.12. The fourth-order valence-electron chi connectivity index (χ4n) is 3.09. The van der Waals surface area contributed by atoms with Crippen molar-refractivity contribution in [3.63, 3.8) is 0 Å². The van der Waals surface area contributed by atoms with Crippen LogP contribution in [0.3, 0.4) is 0 Å². The van der Waals surface area contributed by atoms with E-state index in [4.69, 9.17) is 9.47 Å². The molecule has 2 rings (SSSR count). The van der Waals surface area contributed by atoms with Gasteiger partial charge in [0.25, 0.3) is 0 Å². The van der Waals surface area contributed by atoms with Gasteiger partial charge >= 0.3 is 0 Å². The quantitative estimate of drug-likeness (QED) is 0.862. The predicted octanol–water partition coefficient (Wildman–Crippen LogP) is 3.56. The fraction of sp³-hybridized carbons (Fsp3) is 0.647. The maximum Gasteiger partial charge on any atom is 0.160 e. The SMILES string of the molecule is COc1ccc(CC(C)NC2CCCCC2)cc1OC. The van der Waals surface area contributed by atoms with Crippen LogP contribution in [0.2, 0.25) is 0 Å². The minimum Gasteiger partial charge on any atom is -0.493 e. The lowest BCUT2D eigenvalue weighted by atomic mass is 9.94. The van der Waals surface area contributed by atoms with Gasteiger partial charge in [-0.25, -0.2) is 0 Å². The first-order valence-electron chi connectivity index (χ1n) is 7.70. The summed E-state index contributed by atoms with van der Waals surface area (Å²) >= 11 is 0. The molecule has 1 unspecified atom stereocenters. The molecule has 0 radical (unpaired) electrons. The second kappa shape index (κ2) is 7.53. The molecule has 1 fully saturated rings. The Kier molecular flexibility index (Phi) is 5.72. The number of nitrogens with one attached hydrogen (secondary N) is 1. The van der Waals surface area contributed by atoms with Crippen molar-refractivity contribution in [2.75, 3.05) is 14.2 Å². The van der Waals surface area contributed by atoms with E-state index in [-0.39, 0.29) is 0 Å². The molecule has 0 heterocycles. The lowest BCUT2D eigenvalue weighted by Gasteiger charge is -2.26. The van der Waals surface area contributed by atoms with Crippen molar-refractivity contribution in [1.29, 1.82) is 0 Å². The molecule has 3 nitrogen and oxygen atoms in total. The first-order chi connectivity index (χ1) is 9.72. The summed E-state index contributed by atoms with van der Waals surface area (Å²) in [5.74, 6) is 1.61. The van der Waals surface area contributed by atoms with E-state index in [0.717, 1.165) is 17.9 Å². The maximum atomic E-state index is 5.36. The van der Waals surface area contributed by atoms with Crippen LogP contribution in [0, 0.1) is 0 Å². The highest BCUT2D eigenvalue weighted by Crippen LogP contribution is 2.28. The first kappa shape index (κ1) is 15.2. The molecule has 1 N–H and O–H groups in total. The van der Waals surface area contributed by atoms with Gasteiger partial charge in [-0.2, -0.15) is 0 Å². The van der Waals surface area contributed by atoms with Gasteiger partial charge in [-0.05, 0) is 43.9 Å². The van der Waals surface area contributed by atoms with Crippen LogP contribution >= 0.6 is 0 Å². The molecule has 1 aromatic carbocycles. The van der Waals surface area contributed by atoms with Crippen molar-refractivity contribution in [2.45, 2.75) is 57.5 Å². The Hall–Kier alpha value is -1.22. The summed E-state index contributed by atoms with van der Waals surface area (Å²) in [5.41, 5.74) is 1.29. The minimum absolute atomic E-state index is 0.496. The van der Waals surface area contributed by atoms with E-state index in [1.165, 1.54) is 37.7 Å². The molecule has 112 valence electrons. The van der Waals surface area contributed by atoms with E-state index in [0.29, 0.717) is 12.1 Å². The Morgan fingerprint density at radius 2 is 1.80 bits per heavy atom. The molecule has 0 aromatic heterocycles. The van der Waals surface area contributed by atoms with Gasteiger partial charge in [0, 0.05) is 12.1 Å². The number of benzene rings is 1. The molecule has 1 aliphatic carbocycles. The molecular formula is C17H27NO2. The van der Waals surface area contributed by atoms with E-state index < -0.39 is 0 Å². The normalized spacial score (nSPS) is 17.8. The van der Waals surface area contributed by atoms with Crippen LogP contribution in [0.5, 0.6) is 11.5 Å². The fourth-order valence-corrected chi connectivity index (χ4v) is 3.09. The molecule has 0 bridgehead atoms. The third kappa shape index (κ3) is 4.14. The van der Waals surface area contributed by atoms with Gasteiger partial charge in [0.2, 0.25) is 0 Å². The largest absolute Gasteiger partial charge is 0.493 e. The van der Waals surface area contributed by atoms with Crippen LogP contribution in [0.15, 0.2) is 18.2 Å². The number of methoxy groups -OCH3 is 2. The lowest BCUT2D eigenvalue weighted by Crippen LogP contribution is -2.38. The van der Waals surface area contributed by atoms with E-state index in [9.17, 15) is 0 Å². The lowest BCUT2D eigenvalue weighted by molar-refractivity contribution is 0.341. The second-order valence-electron chi connectivity index (χ2n) is 5.80. The van der Waals surface area contributed by atoms with Gasteiger partial charge in [0.15, 0.2) is 11.5 Å². The Balaban J connectivity index is 1.91. The van der Waals surface area contributed by atoms with Crippen molar-refractivity contribution in [2.24, 2.45) is 0 Å². The van der Waals surface area contributed by atoms with Crippen molar-refractivity contribution in [3.05, 3.63) is 23.8 Å². The molecule has 1 saturated carbocycles. The van der Waals surface area contributed by atoms with E-state index in [2.05, 4.69) is 24.4 Å². The van der Waals surface area contributed by atoms with Crippen LogP contribution in [-0.4, -0.2) is 26.3 Å². The molecule has 3 heteroatoms. The van der Waals surface area contributed by atoms with Crippen LogP contribution < -0.4 is 14.8 Å². The maximum absolute atomic E-state index is 5.36. The van der Waals surface area contributed by atoms with Crippen molar-refractivity contribution >= 4 is 0 Å². The molecule has 1 aromatic rings. The number of hydrogen-bond donors (Lipinski definition) is 1. The summed E-state index contributed by atoms with van der Waals surface area (Å²) < 4.78 is 10.6. The highest BCUT2D eigenvalue weighted by atomic mass is 16.5. The Labute approximate surface area is 122 Å². The molecular weight excluding hydrogens is 250 g/mol. The van der Waals surface area contributed by atoms with Crippen molar-refractivity contribution in [3.8, 4) is 11.5 Å². The van der Waals surface area contributed by atoms with Gasteiger partial charge in [0.1, 0.15) is 0 Å². The Morgan fingerprint density at radius 3 is 2.45 bits per heavy atom. The summed E-state index contributed by atoms with van der Waals surface area (Å²) in [5, 5.41) is 3.76. The highest BCUT2D eigenvalue weighted by Gasteiger charge is 2.16. The molecule has 1 aliphatic rings. The van der Waals surface area contributed by atoms with E-state index in [1.54, 1.807) is 14.2 Å². The number of hydrogen-bond acceptors (Lipinski definition) is 3.